The van der Waals surface area contributed by atoms with Gasteiger partial charge >= 0.3 is 0 Å². The third-order valence-electron chi connectivity index (χ3n) is 3.72. The van der Waals surface area contributed by atoms with Crippen LogP contribution in [-0.4, -0.2) is 16.2 Å². The standard InChI is InChI=1S/C19H18F2N2OS2/c1-2-11-23-18-15(21)4-3-5-16(18)26-19(23)22-17(24)10-12-25-14-8-6-13(20)7-9-14/h3-9H,2,10-12H2,1H3. The van der Waals surface area contributed by atoms with E-state index < -0.39 is 0 Å². The highest BCUT2D eigenvalue weighted by molar-refractivity contribution is 7.99. The number of para-hydroxylation sites is 1. The Morgan fingerprint density at radius 2 is 1.96 bits per heavy atom. The molecule has 0 radical (unpaired) electrons. The number of thioether (sulfide) groups is 1. The predicted octanol–water partition coefficient (Wildman–Crippen LogP) is 5.00. The maximum atomic E-state index is 14.2. The third-order valence-corrected chi connectivity index (χ3v) is 5.78. The van der Waals surface area contributed by atoms with E-state index in [1.54, 1.807) is 22.8 Å². The summed E-state index contributed by atoms with van der Waals surface area (Å²) >= 11 is 2.80. The van der Waals surface area contributed by atoms with Crippen LogP contribution >= 0.6 is 23.1 Å². The van der Waals surface area contributed by atoms with Crippen LogP contribution in [0.25, 0.3) is 10.2 Å². The summed E-state index contributed by atoms with van der Waals surface area (Å²) in [6.45, 7) is 2.61. The molecule has 3 aromatic rings. The molecule has 0 aliphatic heterocycles. The Morgan fingerprint density at radius 3 is 2.69 bits per heavy atom. The van der Waals surface area contributed by atoms with Gasteiger partial charge in [0.2, 0.25) is 5.91 Å². The van der Waals surface area contributed by atoms with Gasteiger partial charge in [0.05, 0.1) is 10.2 Å². The summed E-state index contributed by atoms with van der Waals surface area (Å²) < 4.78 is 29.6. The molecule has 0 N–H and O–H groups in total. The van der Waals surface area contributed by atoms with E-state index in [0.717, 1.165) is 16.0 Å². The van der Waals surface area contributed by atoms with Crippen LogP contribution in [0.15, 0.2) is 52.4 Å². The molecule has 0 bridgehead atoms. The summed E-state index contributed by atoms with van der Waals surface area (Å²) in [5.41, 5.74) is 0.506. The predicted molar refractivity (Wildman–Crippen MR) is 102 cm³/mol. The van der Waals surface area contributed by atoms with Crippen LogP contribution in [0.2, 0.25) is 0 Å². The van der Waals surface area contributed by atoms with Gasteiger partial charge in [0.25, 0.3) is 0 Å². The number of thiazole rings is 1. The topological polar surface area (TPSA) is 34.4 Å². The van der Waals surface area contributed by atoms with Crippen molar-refractivity contribution in [3.8, 4) is 0 Å². The van der Waals surface area contributed by atoms with Gasteiger partial charge in [0.15, 0.2) is 4.80 Å². The number of halogens is 2. The van der Waals surface area contributed by atoms with E-state index in [-0.39, 0.29) is 24.0 Å². The fourth-order valence-corrected chi connectivity index (χ4v) is 4.48. The van der Waals surface area contributed by atoms with Crippen LogP contribution in [0.3, 0.4) is 0 Å². The average Bonchev–Trinajstić information content (AvgIpc) is 2.96. The molecular formula is C19H18F2N2OS2. The highest BCUT2D eigenvalue weighted by Gasteiger charge is 2.11. The summed E-state index contributed by atoms with van der Waals surface area (Å²) in [7, 11) is 0. The number of aromatic nitrogens is 1. The van der Waals surface area contributed by atoms with Crippen molar-refractivity contribution in [2.24, 2.45) is 4.99 Å². The van der Waals surface area contributed by atoms with Crippen LogP contribution in [0.5, 0.6) is 0 Å². The van der Waals surface area contributed by atoms with Gasteiger partial charge in [0, 0.05) is 23.6 Å². The number of aryl methyl sites for hydroxylation is 1. The number of hydrogen-bond acceptors (Lipinski definition) is 3. The first-order valence-electron chi connectivity index (χ1n) is 8.32. The average molecular weight is 392 g/mol. The third kappa shape index (κ3) is 4.40. The summed E-state index contributed by atoms with van der Waals surface area (Å²) in [5, 5.41) is 0. The number of fused-ring (bicyclic) bond motifs is 1. The molecule has 2 aromatic carbocycles. The Labute approximate surface area is 158 Å². The van der Waals surface area contributed by atoms with Crippen molar-refractivity contribution in [3.05, 3.63) is 58.9 Å². The van der Waals surface area contributed by atoms with E-state index in [0.29, 0.717) is 22.6 Å². The maximum absolute atomic E-state index is 14.2. The molecule has 136 valence electrons. The number of carbonyl (C=O) groups is 1. The molecule has 0 aliphatic carbocycles. The minimum atomic E-state index is -0.298. The Morgan fingerprint density at radius 1 is 1.19 bits per heavy atom. The van der Waals surface area contributed by atoms with Gasteiger partial charge < -0.3 is 4.57 Å². The molecule has 0 spiro atoms. The lowest BCUT2D eigenvalue weighted by molar-refractivity contribution is -0.117. The Bertz CT molecular complexity index is 977. The lowest BCUT2D eigenvalue weighted by Gasteiger charge is -2.03. The molecule has 1 heterocycles. The lowest BCUT2D eigenvalue weighted by atomic mass is 10.3. The first-order chi connectivity index (χ1) is 12.6. The molecule has 0 aliphatic rings. The largest absolute Gasteiger partial charge is 0.314 e. The zero-order valence-electron chi connectivity index (χ0n) is 14.2. The fourth-order valence-electron chi connectivity index (χ4n) is 2.55. The highest BCUT2D eigenvalue weighted by Crippen LogP contribution is 2.21. The Hall–Kier alpha value is -1.99. The quantitative estimate of drug-likeness (QED) is 0.553. The number of carbonyl (C=O) groups excluding carboxylic acids is 1. The normalized spacial score (nSPS) is 12.0. The van der Waals surface area contributed by atoms with Gasteiger partial charge in [-0.1, -0.05) is 24.3 Å². The summed E-state index contributed by atoms with van der Waals surface area (Å²) in [6, 6.07) is 11.1. The van der Waals surface area contributed by atoms with Crippen molar-refractivity contribution in [2.75, 3.05) is 5.75 Å². The van der Waals surface area contributed by atoms with Crippen molar-refractivity contribution in [1.82, 2.24) is 4.57 Å². The monoisotopic (exact) mass is 392 g/mol. The maximum Gasteiger partial charge on any atom is 0.249 e. The van der Waals surface area contributed by atoms with Crippen molar-refractivity contribution < 1.29 is 13.6 Å². The number of amides is 1. The van der Waals surface area contributed by atoms with Gasteiger partial charge in [-0.3, -0.25) is 4.79 Å². The second-order valence-electron chi connectivity index (χ2n) is 5.68. The molecule has 26 heavy (non-hydrogen) atoms. The van der Waals surface area contributed by atoms with E-state index in [9.17, 15) is 13.6 Å². The van der Waals surface area contributed by atoms with E-state index in [2.05, 4.69) is 4.99 Å². The zero-order chi connectivity index (χ0) is 18.5. The second-order valence-corrected chi connectivity index (χ2v) is 7.86. The zero-order valence-corrected chi connectivity index (χ0v) is 15.9. The highest BCUT2D eigenvalue weighted by atomic mass is 32.2. The lowest BCUT2D eigenvalue weighted by Crippen LogP contribution is -2.17. The number of hydrogen-bond donors (Lipinski definition) is 0. The molecular weight excluding hydrogens is 374 g/mol. The van der Waals surface area contributed by atoms with Gasteiger partial charge in [-0.15, -0.1) is 11.8 Å². The van der Waals surface area contributed by atoms with E-state index in [1.165, 1.54) is 41.3 Å². The van der Waals surface area contributed by atoms with Gasteiger partial charge in [0.1, 0.15) is 11.6 Å². The van der Waals surface area contributed by atoms with Crippen molar-refractivity contribution >= 4 is 39.2 Å². The summed E-state index contributed by atoms with van der Waals surface area (Å²) in [4.78, 5) is 17.9. The van der Waals surface area contributed by atoms with Crippen LogP contribution in [0.1, 0.15) is 19.8 Å². The first kappa shape index (κ1) is 18.8. The minimum absolute atomic E-state index is 0.239. The molecule has 3 rings (SSSR count). The SMILES string of the molecule is CCCn1c(=NC(=O)CCSc2ccc(F)cc2)sc2cccc(F)c21. The minimum Gasteiger partial charge on any atom is -0.314 e. The molecule has 0 saturated carbocycles. The molecule has 0 fully saturated rings. The van der Waals surface area contributed by atoms with Crippen LogP contribution in [-0.2, 0) is 11.3 Å². The second kappa shape index (κ2) is 8.60. The molecule has 0 saturated heterocycles. The van der Waals surface area contributed by atoms with Crippen molar-refractivity contribution in [2.45, 2.75) is 31.2 Å². The first-order valence-corrected chi connectivity index (χ1v) is 10.1. The summed E-state index contributed by atoms with van der Waals surface area (Å²) in [6.07, 6.45) is 1.09. The van der Waals surface area contributed by atoms with Gasteiger partial charge in [-0.25, -0.2) is 8.78 Å². The van der Waals surface area contributed by atoms with Gasteiger partial charge in [-0.2, -0.15) is 4.99 Å². The molecule has 7 heteroatoms. The van der Waals surface area contributed by atoms with Crippen molar-refractivity contribution in [3.63, 3.8) is 0 Å². The Kier molecular flexibility index (Phi) is 6.21. The smallest absolute Gasteiger partial charge is 0.249 e. The summed E-state index contributed by atoms with van der Waals surface area (Å²) in [5.74, 6) is -0.261. The van der Waals surface area contributed by atoms with E-state index >= 15 is 0 Å². The van der Waals surface area contributed by atoms with Gasteiger partial charge in [-0.05, 0) is 42.8 Å². The molecule has 1 aromatic heterocycles. The number of rotatable bonds is 6. The molecule has 1 amide bonds. The van der Waals surface area contributed by atoms with Crippen LogP contribution in [0.4, 0.5) is 8.78 Å². The molecule has 0 atom stereocenters. The number of benzene rings is 2. The number of nitrogens with zero attached hydrogens (tertiary/aromatic N) is 2. The fraction of sp³-hybridized carbons (Fsp3) is 0.263. The molecule has 3 nitrogen and oxygen atoms in total. The molecule has 0 unspecified atom stereocenters. The van der Waals surface area contributed by atoms with E-state index in [4.69, 9.17) is 0 Å². The van der Waals surface area contributed by atoms with Crippen LogP contribution < -0.4 is 4.80 Å². The van der Waals surface area contributed by atoms with Crippen LogP contribution in [0, 0.1) is 11.6 Å². The van der Waals surface area contributed by atoms with Crippen molar-refractivity contribution in [1.29, 1.82) is 0 Å². The van der Waals surface area contributed by atoms with E-state index in [1.807, 2.05) is 13.0 Å². The Balaban J connectivity index is 1.76.